The minimum absolute atomic E-state index is 0.178. The third-order valence-corrected chi connectivity index (χ3v) is 3.04. The lowest BCUT2D eigenvalue weighted by Gasteiger charge is -2.13. The zero-order valence-corrected chi connectivity index (χ0v) is 10.8. The van der Waals surface area contributed by atoms with Gasteiger partial charge in [-0.1, -0.05) is 37.3 Å². The molecule has 3 heteroatoms. The van der Waals surface area contributed by atoms with Crippen LogP contribution in [0.2, 0.25) is 0 Å². The van der Waals surface area contributed by atoms with Gasteiger partial charge in [0.15, 0.2) is 0 Å². The first-order chi connectivity index (χ1) is 9.16. The lowest BCUT2D eigenvalue weighted by Crippen LogP contribution is -2.27. The van der Waals surface area contributed by atoms with Gasteiger partial charge in [0.2, 0.25) is 0 Å². The fraction of sp³-hybridized carbons (Fsp3) is 0.188. The molecule has 0 unspecified atom stereocenters. The molecule has 0 aliphatic rings. The molecule has 0 fully saturated rings. The van der Waals surface area contributed by atoms with E-state index >= 15 is 0 Å². The number of benzene rings is 2. The average molecular weight is 257 g/mol. The highest BCUT2D eigenvalue weighted by atomic mass is 19.1. The Hall–Kier alpha value is -2.16. The van der Waals surface area contributed by atoms with Crippen molar-refractivity contribution in [3.05, 3.63) is 71.5 Å². The van der Waals surface area contributed by atoms with Crippen molar-refractivity contribution in [2.75, 3.05) is 6.54 Å². The first kappa shape index (κ1) is 13.3. The van der Waals surface area contributed by atoms with Crippen LogP contribution in [-0.4, -0.2) is 12.5 Å². The molecule has 98 valence electrons. The fourth-order valence-corrected chi connectivity index (χ4v) is 1.85. The van der Waals surface area contributed by atoms with Crippen LogP contribution >= 0.6 is 0 Å². The zero-order chi connectivity index (χ0) is 13.7. The summed E-state index contributed by atoms with van der Waals surface area (Å²) in [6, 6.07) is 15.5. The molecule has 1 N–H and O–H groups in total. The van der Waals surface area contributed by atoms with E-state index in [1.165, 1.54) is 29.8 Å². The topological polar surface area (TPSA) is 29.1 Å². The molecule has 1 amide bonds. The van der Waals surface area contributed by atoms with Gasteiger partial charge in [0.25, 0.3) is 5.91 Å². The van der Waals surface area contributed by atoms with Crippen LogP contribution in [0.25, 0.3) is 0 Å². The standard InChI is InChI=1S/C16H16FNO/c1-12(13-5-3-2-4-6-13)11-18-16(19)14-7-9-15(17)10-8-14/h2-10,12H,11H2,1H3,(H,18,19)/t12-/m0/s1. The molecule has 0 aliphatic carbocycles. The molecule has 2 nitrogen and oxygen atoms in total. The maximum Gasteiger partial charge on any atom is 0.251 e. The van der Waals surface area contributed by atoms with Gasteiger partial charge in [-0.05, 0) is 35.7 Å². The van der Waals surface area contributed by atoms with E-state index < -0.39 is 0 Å². The molecule has 1 atom stereocenters. The Morgan fingerprint density at radius 3 is 2.37 bits per heavy atom. The summed E-state index contributed by atoms with van der Waals surface area (Å²) in [4.78, 5) is 11.9. The van der Waals surface area contributed by atoms with E-state index in [2.05, 4.69) is 12.2 Å². The van der Waals surface area contributed by atoms with Crippen molar-refractivity contribution in [3.8, 4) is 0 Å². The van der Waals surface area contributed by atoms with E-state index in [0.29, 0.717) is 12.1 Å². The molecular formula is C16H16FNO. The molecule has 2 rings (SSSR count). The minimum Gasteiger partial charge on any atom is -0.351 e. The lowest BCUT2D eigenvalue weighted by molar-refractivity contribution is 0.0951. The third kappa shape index (κ3) is 3.65. The molecule has 0 saturated carbocycles. The Labute approximate surface area is 112 Å². The van der Waals surface area contributed by atoms with Gasteiger partial charge in [-0.15, -0.1) is 0 Å². The lowest BCUT2D eigenvalue weighted by atomic mass is 10.0. The molecule has 2 aromatic rings. The molecule has 0 aliphatic heterocycles. The number of carbonyl (C=O) groups excluding carboxylic acids is 1. The van der Waals surface area contributed by atoms with E-state index in [1.807, 2.05) is 30.3 Å². The molecule has 0 aromatic heterocycles. The number of rotatable bonds is 4. The van der Waals surface area contributed by atoms with Crippen LogP contribution in [0.3, 0.4) is 0 Å². The first-order valence-electron chi connectivity index (χ1n) is 6.25. The monoisotopic (exact) mass is 257 g/mol. The van der Waals surface area contributed by atoms with Gasteiger partial charge >= 0.3 is 0 Å². The number of carbonyl (C=O) groups is 1. The van der Waals surface area contributed by atoms with Crippen LogP contribution in [0.1, 0.15) is 28.8 Å². The maximum absolute atomic E-state index is 12.8. The van der Waals surface area contributed by atoms with Gasteiger partial charge in [-0.25, -0.2) is 4.39 Å². The summed E-state index contributed by atoms with van der Waals surface area (Å²) in [5.74, 6) is -0.275. The number of hydrogen-bond acceptors (Lipinski definition) is 1. The van der Waals surface area contributed by atoms with Crippen molar-refractivity contribution in [1.82, 2.24) is 5.32 Å². The first-order valence-corrected chi connectivity index (χ1v) is 6.25. The van der Waals surface area contributed by atoms with Crippen molar-refractivity contribution >= 4 is 5.91 Å². The predicted molar refractivity (Wildman–Crippen MR) is 73.6 cm³/mol. The predicted octanol–water partition coefficient (Wildman–Crippen LogP) is 3.36. The van der Waals surface area contributed by atoms with Crippen LogP contribution in [0.4, 0.5) is 4.39 Å². The highest BCUT2D eigenvalue weighted by molar-refractivity contribution is 5.94. The highest BCUT2D eigenvalue weighted by Gasteiger charge is 2.09. The Kier molecular flexibility index (Phi) is 4.29. The third-order valence-electron chi connectivity index (χ3n) is 3.04. The maximum atomic E-state index is 12.8. The van der Waals surface area contributed by atoms with Gasteiger partial charge < -0.3 is 5.32 Å². The van der Waals surface area contributed by atoms with Gasteiger partial charge in [0, 0.05) is 12.1 Å². The Morgan fingerprint density at radius 2 is 1.74 bits per heavy atom. The average Bonchev–Trinajstić information content (AvgIpc) is 2.46. The summed E-state index contributed by atoms with van der Waals surface area (Å²) in [6.07, 6.45) is 0. The number of hydrogen-bond donors (Lipinski definition) is 1. The second-order valence-corrected chi connectivity index (χ2v) is 4.53. The minimum atomic E-state index is -0.339. The van der Waals surface area contributed by atoms with Crippen LogP contribution in [0, 0.1) is 5.82 Å². The van der Waals surface area contributed by atoms with E-state index in [0.717, 1.165) is 0 Å². The van der Waals surface area contributed by atoms with Crippen molar-refractivity contribution in [1.29, 1.82) is 0 Å². The van der Waals surface area contributed by atoms with Crippen LogP contribution in [-0.2, 0) is 0 Å². The van der Waals surface area contributed by atoms with Gasteiger partial charge in [-0.3, -0.25) is 4.79 Å². The van der Waals surface area contributed by atoms with Crippen LogP contribution < -0.4 is 5.32 Å². The van der Waals surface area contributed by atoms with Gasteiger partial charge in [-0.2, -0.15) is 0 Å². The van der Waals surface area contributed by atoms with Gasteiger partial charge in [0.1, 0.15) is 5.82 Å². The van der Waals surface area contributed by atoms with Crippen molar-refractivity contribution in [2.45, 2.75) is 12.8 Å². The smallest absolute Gasteiger partial charge is 0.251 e. The summed E-state index contributed by atoms with van der Waals surface area (Å²) in [5, 5.41) is 2.86. The summed E-state index contributed by atoms with van der Waals surface area (Å²) in [5.41, 5.74) is 1.66. The van der Waals surface area contributed by atoms with Crippen molar-refractivity contribution < 1.29 is 9.18 Å². The second kappa shape index (κ2) is 6.14. The second-order valence-electron chi connectivity index (χ2n) is 4.53. The summed E-state index contributed by atoms with van der Waals surface area (Å²) >= 11 is 0. The number of nitrogens with one attached hydrogen (secondary N) is 1. The summed E-state index contributed by atoms with van der Waals surface area (Å²) < 4.78 is 12.8. The van der Waals surface area contributed by atoms with Crippen LogP contribution in [0.15, 0.2) is 54.6 Å². The molecule has 0 bridgehead atoms. The van der Waals surface area contributed by atoms with Crippen LogP contribution in [0.5, 0.6) is 0 Å². The van der Waals surface area contributed by atoms with Crippen molar-refractivity contribution in [2.24, 2.45) is 0 Å². The zero-order valence-electron chi connectivity index (χ0n) is 10.8. The number of amides is 1. The highest BCUT2D eigenvalue weighted by Crippen LogP contribution is 2.13. The van der Waals surface area contributed by atoms with Crippen molar-refractivity contribution in [3.63, 3.8) is 0 Å². The summed E-state index contributed by atoms with van der Waals surface area (Å²) in [6.45, 7) is 2.61. The number of halogens is 1. The van der Waals surface area contributed by atoms with Gasteiger partial charge in [0.05, 0.1) is 0 Å². The molecule has 0 radical (unpaired) electrons. The normalized spacial score (nSPS) is 11.9. The Bertz CT molecular complexity index is 536. The van der Waals surface area contributed by atoms with E-state index in [1.54, 1.807) is 0 Å². The SMILES string of the molecule is C[C@@H](CNC(=O)c1ccc(F)cc1)c1ccccc1. The van der Waals surface area contributed by atoms with E-state index in [-0.39, 0.29) is 17.6 Å². The fourth-order valence-electron chi connectivity index (χ4n) is 1.85. The van der Waals surface area contributed by atoms with E-state index in [9.17, 15) is 9.18 Å². The summed E-state index contributed by atoms with van der Waals surface area (Å²) in [7, 11) is 0. The molecule has 0 saturated heterocycles. The molecular weight excluding hydrogens is 241 g/mol. The Balaban J connectivity index is 1.92. The molecule has 2 aromatic carbocycles. The Morgan fingerprint density at radius 1 is 1.11 bits per heavy atom. The van der Waals surface area contributed by atoms with E-state index in [4.69, 9.17) is 0 Å². The molecule has 0 spiro atoms. The molecule has 19 heavy (non-hydrogen) atoms. The quantitative estimate of drug-likeness (QED) is 0.894. The molecule has 0 heterocycles. The largest absolute Gasteiger partial charge is 0.351 e.